The molecule has 3 aromatic heterocycles. The van der Waals surface area contributed by atoms with Gasteiger partial charge in [-0.1, -0.05) is 11.8 Å². The molecule has 1 unspecified atom stereocenters. The number of rotatable bonds is 6. The van der Waals surface area contributed by atoms with Crippen LogP contribution < -0.4 is 14.8 Å². The maximum absolute atomic E-state index is 12.8. The molecule has 2 N–H and O–H groups in total. The van der Waals surface area contributed by atoms with Gasteiger partial charge in [-0.3, -0.25) is 4.79 Å². The predicted molar refractivity (Wildman–Crippen MR) is 115 cm³/mol. The van der Waals surface area contributed by atoms with Crippen LogP contribution in [0.15, 0.2) is 69.0 Å². The Hall–Kier alpha value is -3.59. The summed E-state index contributed by atoms with van der Waals surface area (Å²) >= 11 is 1.31. The summed E-state index contributed by atoms with van der Waals surface area (Å²) in [6.07, 6.45) is 3.18. The lowest BCUT2D eigenvalue weighted by Crippen LogP contribution is -2.23. The van der Waals surface area contributed by atoms with Crippen LogP contribution in [0.1, 0.15) is 6.92 Å². The Morgan fingerprint density at radius 2 is 1.81 bits per heavy atom. The minimum atomic E-state index is -0.409. The second-order valence-electron chi connectivity index (χ2n) is 6.83. The molecular formula is C22H19N3O5S. The Morgan fingerprint density at radius 3 is 2.55 bits per heavy atom. The van der Waals surface area contributed by atoms with Gasteiger partial charge in [-0.15, -0.1) is 0 Å². The zero-order chi connectivity index (χ0) is 21.2. The van der Waals surface area contributed by atoms with E-state index in [1.165, 1.54) is 11.8 Å². The lowest BCUT2D eigenvalue weighted by atomic mass is 10.2. The summed E-state index contributed by atoms with van der Waals surface area (Å²) in [5, 5.41) is 3.09. The van der Waals surface area contributed by atoms with Gasteiger partial charge in [0.05, 0.1) is 17.8 Å². The van der Waals surface area contributed by atoms with E-state index in [0.717, 1.165) is 0 Å². The van der Waals surface area contributed by atoms with E-state index < -0.39 is 5.25 Å². The number of hydrogen-bond donors (Lipinski definition) is 2. The zero-order valence-electron chi connectivity index (χ0n) is 16.6. The Bertz CT molecular complexity index is 1130. The molecule has 0 saturated carbocycles. The average molecular weight is 437 g/mol. The third kappa shape index (κ3) is 4.04. The van der Waals surface area contributed by atoms with E-state index in [1.54, 1.807) is 42.9 Å². The van der Waals surface area contributed by atoms with Crippen LogP contribution in [0.25, 0.3) is 22.9 Å². The SMILES string of the molecule is CC(Sc1nc(-c2ccco2)c(-c2ccco2)[nH]1)C(=O)Nc1ccc2c(c1)OCCO2. The van der Waals surface area contributed by atoms with Crippen molar-refractivity contribution in [2.45, 2.75) is 17.3 Å². The summed E-state index contributed by atoms with van der Waals surface area (Å²) in [6.45, 7) is 2.83. The first kappa shape index (κ1) is 19.4. The quantitative estimate of drug-likeness (QED) is 0.417. The fourth-order valence-electron chi connectivity index (χ4n) is 3.18. The lowest BCUT2D eigenvalue weighted by Gasteiger charge is -2.19. The van der Waals surface area contributed by atoms with E-state index in [2.05, 4.69) is 15.3 Å². The summed E-state index contributed by atoms with van der Waals surface area (Å²) in [4.78, 5) is 20.6. The number of amides is 1. The normalized spacial score (nSPS) is 13.7. The molecule has 1 aromatic carbocycles. The maximum atomic E-state index is 12.8. The van der Waals surface area contributed by atoms with Crippen LogP contribution in [-0.2, 0) is 4.79 Å². The van der Waals surface area contributed by atoms with Crippen LogP contribution in [0, 0.1) is 0 Å². The number of anilines is 1. The second kappa shape index (κ2) is 8.27. The van der Waals surface area contributed by atoms with Gasteiger partial charge in [-0.05, 0) is 43.3 Å². The Morgan fingerprint density at radius 1 is 1.06 bits per heavy atom. The van der Waals surface area contributed by atoms with E-state index in [9.17, 15) is 4.79 Å². The number of carbonyl (C=O) groups excluding carboxylic acids is 1. The summed E-state index contributed by atoms with van der Waals surface area (Å²) in [6, 6.07) is 12.6. The first-order chi connectivity index (χ1) is 15.2. The number of thioether (sulfide) groups is 1. The molecule has 0 radical (unpaired) electrons. The fourth-order valence-corrected chi connectivity index (χ4v) is 3.99. The van der Waals surface area contributed by atoms with Gasteiger partial charge in [-0.25, -0.2) is 4.98 Å². The van der Waals surface area contributed by atoms with E-state index in [-0.39, 0.29) is 5.91 Å². The standard InChI is InChI=1S/C22H19N3O5S/c1-13(21(26)23-14-6-7-15-18(12-14)30-11-10-29-15)31-22-24-19(16-4-2-8-27-16)20(25-22)17-5-3-9-28-17/h2-9,12-13H,10-11H2,1H3,(H,23,26)(H,24,25). The first-order valence-electron chi connectivity index (χ1n) is 9.72. The van der Waals surface area contributed by atoms with Crippen LogP contribution >= 0.6 is 11.8 Å². The van der Waals surface area contributed by atoms with Gasteiger partial charge in [0, 0.05) is 11.8 Å². The highest BCUT2D eigenvalue weighted by Crippen LogP contribution is 2.35. The van der Waals surface area contributed by atoms with Gasteiger partial charge in [0.25, 0.3) is 0 Å². The highest BCUT2D eigenvalue weighted by Gasteiger charge is 2.22. The molecule has 0 saturated heterocycles. The van der Waals surface area contributed by atoms with Crippen LogP contribution in [0.4, 0.5) is 5.69 Å². The summed E-state index contributed by atoms with van der Waals surface area (Å²) in [7, 11) is 0. The molecule has 158 valence electrons. The second-order valence-corrected chi connectivity index (χ2v) is 8.16. The molecule has 5 rings (SSSR count). The highest BCUT2D eigenvalue weighted by molar-refractivity contribution is 8.00. The predicted octanol–water partition coefficient (Wildman–Crippen LogP) is 4.82. The van der Waals surface area contributed by atoms with Crippen LogP contribution in [0.5, 0.6) is 11.5 Å². The number of ether oxygens (including phenoxy) is 2. The molecule has 4 heterocycles. The Balaban J connectivity index is 1.32. The Kier molecular flexibility index (Phi) is 5.17. The molecule has 1 aliphatic rings. The lowest BCUT2D eigenvalue weighted by molar-refractivity contribution is -0.115. The van der Waals surface area contributed by atoms with Gasteiger partial charge in [0.15, 0.2) is 28.2 Å². The van der Waals surface area contributed by atoms with Crippen molar-refractivity contribution in [1.29, 1.82) is 0 Å². The van der Waals surface area contributed by atoms with E-state index in [1.807, 2.05) is 19.1 Å². The molecule has 0 bridgehead atoms. The molecule has 1 atom stereocenters. The van der Waals surface area contributed by atoms with E-state index >= 15 is 0 Å². The number of nitrogens with one attached hydrogen (secondary N) is 2. The van der Waals surface area contributed by atoms with Crippen LogP contribution in [-0.4, -0.2) is 34.3 Å². The van der Waals surface area contributed by atoms with Crippen molar-refractivity contribution in [3.63, 3.8) is 0 Å². The topological polar surface area (TPSA) is 103 Å². The molecule has 8 nitrogen and oxygen atoms in total. The minimum absolute atomic E-state index is 0.155. The smallest absolute Gasteiger partial charge is 0.237 e. The number of H-pyrrole nitrogens is 1. The summed E-state index contributed by atoms with van der Waals surface area (Å²) < 4.78 is 22.1. The van der Waals surface area contributed by atoms with Gasteiger partial charge >= 0.3 is 0 Å². The minimum Gasteiger partial charge on any atom is -0.486 e. The number of fused-ring (bicyclic) bond motifs is 1. The van der Waals surface area contributed by atoms with Crippen molar-refractivity contribution >= 4 is 23.4 Å². The molecule has 31 heavy (non-hydrogen) atoms. The molecule has 0 spiro atoms. The number of carbonyl (C=O) groups is 1. The largest absolute Gasteiger partial charge is 0.486 e. The monoisotopic (exact) mass is 437 g/mol. The van der Waals surface area contributed by atoms with Crippen LogP contribution in [0.3, 0.4) is 0 Å². The van der Waals surface area contributed by atoms with Crippen molar-refractivity contribution < 1.29 is 23.1 Å². The van der Waals surface area contributed by atoms with E-state index in [4.69, 9.17) is 18.3 Å². The summed E-state index contributed by atoms with van der Waals surface area (Å²) in [5.74, 6) is 2.40. The number of aromatic nitrogens is 2. The molecule has 4 aromatic rings. The molecular weight excluding hydrogens is 418 g/mol. The van der Waals surface area contributed by atoms with Gasteiger partial charge in [0.1, 0.15) is 24.6 Å². The highest BCUT2D eigenvalue weighted by atomic mass is 32.2. The first-order valence-corrected chi connectivity index (χ1v) is 10.6. The average Bonchev–Trinajstić information content (AvgIpc) is 3.54. The molecule has 9 heteroatoms. The van der Waals surface area contributed by atoms with Crippen molar-refractivity contribution in [2.24, 2.45) is 0 Å². The number of benzene rings is 1. The van der Waals surface area contributed by atoms with Crippen molar-refractivity contribution in [1.82, 2.24) is 9.97 Å². The zero-order valence-corrected chi connectivity index (χ0v) is 17.4. The van der Waals surface area contributed by atoms with Crippen molar-refractivity contribution in [2.75, 3.05) is 18.5 Å². The van der Waals surface area contributed by atoms with E-state index in [0.29, 0.717) is 58.5 Å². The molecule has 1 amide bonds. The molecule has 0 fully saturated rings. The maximum Gasteiger partial charge on any atom is 0.237 e. The number of aromatic amines is 1. The van der Waals surface area contributed by atoms with Crippen LogP contribution in [0.2, 0.25) is 0 Å². The van der Waals surface area contributed by atoms with Gasteiger partial charge in [0.2, 0.25) is 5.91 Å². The third-order valence-corrected chi connectivity index (χ3v) is 5.66. The summed E-state index contributed by atoms with van der Waals surface area (Å²) in [5.41, 5.74) is 1.97. The van der Waals surface area contributed by atoms with Crippen molar-refractivity contribution in [3.8, 4) is 34.4 Å². The van der Waals surface area contributed by atoms with Crippen molar-refractivity contribution in [3.05, 3.63) is 55.0 Å². The van der Waals surface area contributed by atoms with Gasteiger partial charge in [-0.2, -0.15) is 0 Å². The van der Waals surface area contributed by atoms with Gasteiger partial charge < -0.3 is 28.6 Å². The third-order valence-electron chi connectivity index (χ3n) is 4.67. The fraction of sp³-hybridized carbons (Fsp3) is 0.182. The molecule has 1 aliphatic heterocycles. The number of imidazole rings is 1. The number of hydrogen-bond acceptors (Lipinski definition) is 7. The number of nitrogens with zero attached hydrogens (tertiary/aromatic N) is 1. The Labute approximate surface area is 182 Å². The number of furan rings is 2. The molecule has 0 aliphatic carbocycles.